The van der Waals surface area contributed by atoms with E-state index < -0.39 is 11.8 Å². The molecule has 0 saturated heterocycles. The summed E-state index contributed by atoms with van der Waals surface area (Å²) >= 11 is 0. The highest BCUT2D eigenvalue weighted by molar-refractivity contribution is 5.96. The average Bonchev–Trinajstić information content (AvgIpc) is 2.55. The lowest BCUT2D eigenvalue weighted by Gasteiger charge is -1.98. The number of hydrogen-bond donors (Lipinski definition) is 4. The predicted molar refractivity (Wildman–Crippen MR) is 85.7 cm³/mol. The Bertz CT molecular complexity index is 587. The monoisotopic (exact) mass is 300 g/mol. The third kappa shape index (κ3) is 5.35. The molecule has 6 heteroatoms. The molecule has 2 aromatic rings. The molecule has 22 heavy (non-hydrogen) atoms. The van der Waals surface area contributed by atoms with Gasteiger partial charge in [-0.05, 0) is 35.4 Å². The van der Waals surface area contributed by atoms with E-state index in [1.807, 2.05) is 24.3 Å². The zero-order valence-electron chi connectivity index (χ0n) is 12.2. The summed E-state index contributed by atoms with van der Waals surface area (Å²) in [6.45, 7) is 1.18. The molecule has 0 bridgehead atoms. The first kappa shape index (κ1) is 17.4. The fourth-order valence-corrected chi connectivity index (χ4v) is 1.68. The van der Waals surface area contributed by atoms with Crippen LogP contribution in [0.1, 0.15) is 31.8 Å². The van der Waals surface area contributed by atoms with Crippen LogP contribution in [0.2, 0.25) is 0 Å². The van der Waals surface area contributed by atoms with Gasteiger partial charge in [0.15, 0.2) is 0 Å². The fourth-order valence-electron chi connectivity index (χ4n) is 1.68. The molecule has 0 aromatic heterocycles. The smallest absolute Gasteiger partial charge is 0.248 e. The molecule has 2 amide bonds. The molecule has 0 saturated carbocycles. The second-order valence-corrected chi connectivity index (χ2v) is 4.53. The van der Waals surface area contributed by atoms with Crippen molar-refractivity contribution in [1.29, 1.82) is 0 Å². The highest BCUT2D eigenvalue weighted by Gasteiger charge is 2.02. The highest BCUT2D eigenvalue weighted by Crippen LogP contribution is 2.03. The van der Waals surface area contributed by atoms with E-state index in [2.05, 4.69) is 0 Å². The Labute approximate surface area is 129 Å². The minimum absolute atomic E-state index is 0.361. The summed E-state index contributed by atoms with van der Waals surface area (Å²) in [5, 5.41) is 0. The molecule has 0 radical (unpaired) electrons. The molecule has 0 aliphatic rings. The Morgan fingerprint density at radius 1 is 0.727 bits per heavy atom. The normalized spacial score (nSPS) is 9.55. The van der Waals surface area contributed by atoms with Crippen LogP contribution in [-0.2, 0) is 13.1 Å². The van der Waals surface area contributed by atoms with Crippen LogP contribution in [0.4, 0.5) is 0 Å². The second-order valence-electron chi connectivity index (χ2n) is 4.53. The van der Waals surface area contributed by atoms with Crippen molar-refractivity contribution in [3.8, 4) is 0 Å². The van der Waals surface area contributed by atoms with Gasteiger partial charge in [0, 0.05) is 24.2 Å². The summed E-state index contributed by atoms with van der Waals surface area (Å²) in [7, 11) is 0. The standard InChI is InChI=1S/C8H8N2O2.C8H12N2/c9-7(11)5-1-2-6(4-3-5)8(10)12;9-5-7-2-1-3-8(4-7)6-10/h1-4H,(H2,9,11)(H2,10,12);1-4H,5-6,9-10H2. The van der Waals surface area contributed by atoms with Crippen LogP contribution in [0.25, 0.3) is 0 Å². The molecule has 2 aromatic carbocycles. The average molecular weight is 300 g/mol. The maximum atomic E-state index is 10.6. The first-order chi connectivity index (χ1) is 10.5. The molecule has 0 spiro atoms. The lowest BCUT2D eigenvalue weighted by Crippen LogP contribution is -2.13. The van der Waals surface area contributed by atoms with E-state index in [4.69, 9.17) is 22.9 Å². The topological polar surface area (TPSA) is 138 Å². The van der Waals surface area contributed by atoms with Crippen molar-refractivity contribution in [2.24, 2.45) is 22.9 Å². The molecular formula is C16H20N4O2. The quantitative estimate of drug-likeness (QED) is 0.652. The molecule has 0 aliphatic carbocycles. The van der Waals surface area contributed by atoms with Crippen LogP contribution in [0.5, 0.6) is 0 Å². The van der Waals surface area contributed by atoms with Gasteiger partial charge < -0.3 is 22.9 Å². The Morgan fingerprint density at radius 3 is 1.36 bits per heavy atom. The third-order valence-corrected chi connectivity index (χ3v) is 2.92. The van der Waals surface area contributed by atoms with Crippen LogP contribution >= 0.6 is 0 Å². The largest absolute Gasteiger partial charge is 0.366 e. The summed E-state index contributed by atoms with van der Waals surface area (Å²) < 4.78 is 0. The van der Waals surface area contributed by atoms with Crippen LogP contribution in [0.15, 0.2) is 48.5 Å². The molecule has 116 valence electrons. The summed E-state index contributed by atoms with van der Waals surface area (Å²) in [5.41, 5.74) is 23.8. The van der Waals surface area contributed by atoms with Crippen LogP contribution in [-0.4, -0.2) is 11.8 Å². The minimum Gasteiger partial charge on any atom is -0.366 e. The Morgan fingerprint density at radius 2 is 1.09 bits per heavy atom. The van der Waals surface area contributed by atoms with E-state index in [9.17, 15) is 9.59 Å². The lowest BCUT2D eigenvalue weighted by atomic mass is 10.1. The van der Waals surface area contributed by atoms with Gasteiger partial charge in [0.1, 0.15) is 0 Å². The molecule has 0 aliphatic heterocycles. The Kier molecular flexibility index (Phi) is 6.75. The van der Waals surface area contributed by atoms with Gasteiger partial charge >= 0.3 is 0 Å². The fraction of sp³-hybridized carbons (Fsp3) is 0.125. The van der Waals surface area contributed by atoms with E-state index in [1.54, 1.807) is 0 Å². The van der Waals surface area contributed by atoms with Crippen molar-refractivity contribution in [3.05, 3.63) is 70.8 Å². The van der Waals surface area contributed by atoms with Crippen LogP contribution in [0.3, 0.4) is 0 Å². The van der Waals surface area contributed by atoms with Crippen molar-refractivity contribution in [2.75, 3.05) is 0 Å². The van der Waals surface area contributed by atoms with E-state index in [0.29, 0.717) is 24.2 Å². The number of amides is 2. The van der Waals surface area contributed by atoms with Gasteiger partial charge in [-0.25, -0.2) is 0 Å². The maximum Gasteiger partial charge on any atom is 0.248 e. The van der Waals surface area contributed by atoms with Gasteiger partial charge in [0.25, 0.3) is 0 Å². The predicted octanol–water partition coefficient (Wildman–Crippen LogP) is 0.488. The Hall–Kier alpha value is -2.70. The van der Waals surface area contributed by atoms with Gasteiger partial charge in [-0.2, -0.15) is 0 Å². The first-order valence-electron chi connectivity index (χ1n) is 6.65. The van der Waals surface area contributed by atoms with Gasteiger partial charge in [0.05, 0.1) is 0 Å². The highest BCUT2D eigenvalue weighted by atomic mass is 16.1. The van der Waals surface area contributed by atoms with Crippen molar-refractivity contribution < 1.29 is 9.59 Å². The molecule has 0 heterocycles. The van der Waals surface area contributed by atoms with E-state index in [0.717, 1.165) is 11.1 Å². The molecule has 6 nitrogen and oxygen atoms in total. The van der Waals surface area contributed by atoms with Crippen molar-refractivity contribution in [3.63, 3.8) is 0 Å². The molecule has 0 atom stereocenters. The molecule has 8 N–H and O–H groups in total. The Balaban J connectivity index is 0.000000224. The van der Waals surface area contributed by atoms with Gasteiger partial charge in [-0.3, -0.25) is 9.59 Å². The summed E-state index contributed by atoms with van der Waals surface area (Å²) in [4.78, 5) is 21.2. The summed E-state index contributed by atoms with van der Waals surface area (Å²) in [6.07, 6.45) is 0. The number of hydrogen-bond acceptors (Lipinski definition) is 4. The van der Waals surface area contributed by atoms with Gasteiger partial charge in [0.2, 0.25) is 11.8 Å². The van der Waals surface area contributed by atoms with E-state index in [-0.39, 0.29) is 0 Å². The number of primary amides is 2. The summed E-state index contributed by atoms with van der Waals surface area (Å²) in [6, 6.07) is 13.8. The number of carbonyl (C=O) groups is 2. The number of carbonyl (C=O) groups excluding carboxylic acids is 2. The maximum absolute atomic E-state index is 10.6. The van der Waals surface area contributed by atoms with Gasteiger partial charge in [-0.15, -0.1) is 0 Å². The minimum atomic E-state index is -0.522. The van der Waals surface area contributed by atoms with Gasteiger partial charge in [-0.1, -0.05) is 24.3 Å². The first-order valence-corrected chi connectivity index (χ1v) is 6.65. The molecule has 0 unspecified atom stereocenters. The molecular weight excluding hydrogens is 280 g/mol. The third-order valence-electron chi connectivity index (χ3n) is 2.92. The zero-order valence-corrected chi connectivity index (χ0v) is 12.2. The second kappa shape index (κ2) is 8.56. The van der Waals surface area contributed by atoms with E-state index in [1.165, 1.54) is 24.3 Å². The number of nitrogens with two attached hydrogens (primary N) is 4. The van der Waals surface area contributed by atoms with Crippen molar-refractivity contribution in [2.45, 2.75) is 13.1 Å². The zero-order chi connectivity index (χ0) is 16.5. The van der Waals surface area contributed by atoms with Crippen LogP contribution in [0, 0.1) is 0 Å². The molecule has 0 fully saturated rings. The van der Waals surface area contributed by atoms with Crippen molar-refractivity contribution in [1.82, 2.24) is 0 Å². The number of rotatable bonds is 4. The lowest BCUT2D eigenvalue weighted by molar-refractivity contribution is 0.0988. The van der Waals surface area contributed by atoms with Crippen molar-refractivity contribution >= 4 is 11.8 Å². The van der Waals surface area contributed by atoms with Crippen LogP contribution < -0.4 is 22.9 Å². The SMILES string of the molecule is NC(=O)c1ccc(C(N)=O)cc1.NCc1cccc(CN)c1. The summed E-state index contributed by atoms with van der Waals surface area (Å²) in [5.74, 6) is -1.04. The van der Waals surface area contributed by atoms with E-state index >= 15 is 0 Å². The number of benzene rings is 2. The molecule has 2 rings (SSSR count).